The maximum Gasteiger partial charge on any atom is 0.417 e. The van der Waals surface area contributed by atoms with Gasteiger partial charge in [-0.05, 0) is 60.1 Å². The fraction of sp³-hybridized carbons (Fsp3) is 0.303. The Balaban J connectivity index is 1.51. The van der Waals surface area contributed by atoms with Crippen molar-refractivity contribution in [2.45, 2.75) is 49.6 Å². The fourth-order valence-electron chi connectivity index (χ4n) is 6.92. The van der Waals surface area contributed by atoms with E-state index in [1.54, 1.807) is 46.8 Å². The van der Waals surface area contributed by atoms with Gasteiger partial charge in [0, 0.05) is 70.0 Å². The Kier molecular flexibility index (Phi) is 8.29. The first-order chi connectivity index (χ1) is 23.3. The SMILES string of the molecule is C=CC(=O)N1[C@H](C)CN(c2nc(=O)n3c4c(c(-c5cc(Br)c(F)cc5F)c(C(F)(F)F)cc24)SCC(n2ncc4cccnc42)C3)C[C@@H]1C. The van der Waals surface area contributed by atoms with Crippen LogP contribution in [0.2, 0.25) is 0 Å². The zero-order valence-electron chi connectivity index (χ0n) is 26.0. The number of alkyl halides is 3. The van der Waals surface area contributed by atoms with Crippen molar-refractivity contribution in [3.8, 4) is 11.1 Å². The van der Waals surface area contributed by atoms with Crippen LogP contribution in [0.1, 0.15) is 25.5 Å². The van der Waals surface area contributed by atoms with Gasteiger partial charge in [-0.2, -0.15) is 23.3 Å². The molecule has 5 heterocycles. The molecule has 1 amide bonds. The second-order valence-electron chi connectivity index (χ2n) is 12.1. The molecule has 2 aliphatic heterocycles. The number of carbonyl (C=O) groups excluding carboxylic acids is 1. The maximum atomic E-state index is 15.6. The summed E-state index contributed by atoms with van der Waals surface area (Å²) in [5.74, 6) is -2.31. The van der Waals surface area contributed by atoms with Gasteiger partial charge in [-0.25, -0.2) is 23.2 Å². The Hall–Kier alpha value is -4.31. The lowest BCUT2D eigenvalue weighted by Gasteiger charge is -2.44. The van der Waals surface area contributed by atoms with Crippen molar-refractivity contribution in [3.63, 3.8) is 0 Å². The fourth-order valence-corrected chi connectivity index (χ4v) is 8.59. The first kappa shape index (κ1) is 33.2. The highest BCUT2D eigenvalue weighted by molar-refractivity contribution is 9.10. The molecule has 5 aromatic rings. The van der Waals surface area contributed by atoms with Crippen LogP contribution in [-0.2, 0) is 17.5 Å². The molecule has 254 valence electrons. The Bertz CT molecular complexity index is 2230. The first-order valence-corrected chi connectivity index (χ1v) is 17.0. The zero-order valence-corrected chi connectivity index (χ0v) is 28.4. The van der Waals surface area contributed by atoms with Gasteiger partial charge in [-0.1, -0.05) is 6.58 Å². The van der Waals surface area contributed by atoms with Crippen LogP contribution in [0.15, 0.2) is 69.5 Å². The van der Waals surface area contributed by atoms with Gasteiger partial charge in [0.05, 0.1) is 34.3 Å². The Morgan fingerprint density at radius 3 is 2.53 bits per heavy atom. The molecule has 3 atom stereocenters. The van der Waals surface area contributed by atoms with Crippen molar-refractivity contribution in [3.05, 3.63) is 87.5 Å². The number of nitrogens with zero attached hydrogens (tertiary/aromatic N) is 7. The minimum Gasteiger partial charge on any atom is -0.352 e. The van der Waals surface area contributed by atoms with Crippen LogP contribution in [0.25, 0.3) is 33.1 Å². The molecule has 1 saturated heterocycles. The molecule has 3 aromatic heterocycles. The number of hydrogen-bond donors (Lipinski definition) is 0. The molecule has 16 heteroatoms. The molecule has 0 radical (unpaired) electrons. The number of benzene rings is 2. The van der Waals surface area contributed by atoms with Crippen LogP contribution in [0.4, 0.5) is 27.8 Å². The van der Waals surface area contributed by atoms with E-state index in [0.717, 1.165) is 29.3 Å². The van der Waals surface area contributed by atoms with Gasteiger partial charge in [0.25, 0.3) is 0 Å². The topological polar surface area (TPSA) is 89.2 Å². The summed E-state index contributed by atoms with van der Waals surface area (Å²) in [5.41, 5.74) is -2.23. The smallest absolute Gasteiger partial charge is 0.352 e. The molecule has 9 nitrogen and oxygen atoms in total. The van der Waals surface area contributed by atoms with Gasteiger partial charge in [0.2, 0.25) is 5.91 Å². The van der Waals surface area contributed by atoms with Crippen molar-refractivity contribution in [2.24, 2.45) is 0 Å². The highest BCUT2D eigenvalue weighted by Gasteiger charge is 2.40. The minimum absolute atomic E-state index is 0.00327. The predicted molar refractivity (Wildman–Crippen MR) is 180 cm³/mol. The number of amides is 1. The molecule has 0 spiro atoms. The van der Waals surface area contributed by atoms with Crippen LogP contribution in [-0.4, -0.2) is 66.0 Å². The van der Waals surface area contributed by atoms with E-state index in [-0.39, 0.29) is 57.4 Å². The quantitative estimate of drug-likeness (QED) is 0.113. The van der Waals surface area contributed by atoms with E-state index in [4.69, 9.17) is 0 Å². The normalized spacial score (nSPS) is 19.8. The average molecular weight is 761 g/mol. The Morgan fingerprint density at radius 2 is 1.84 bits per heavy atom. The first-order valence-electron chi connectivity index (χ1n) is 15.2. The Morgan fingerprint density at radius 1 is 1.10 bits per heavy atom. The third-order valence-electron chi connectivity index (χ3n) is 8.95. The molecule has 0 aliphatic carbocycles. The number of aromatic nitrogens is 5. The molecule has 49 heavy (non-hydrogen) atoms. The standard InChI is InChI=1S/C33H27BrF5N7O2S/c1-4-26(47)45-16(2)12-43(13-17(45)3)31-21-8-22(33(37,38)39)27(20-9-23(34)25(36)10-24(20)35)29-28(21)44(32(48)42-31)14-19(15-49-29)46-30-18(11-41-46)6-5-7-40-30/h4-11,16-17,19H,1,12-15H2,2-3H3/t16-,17+,19?. The van der Waals surface area contributed by atoms with E-state index in [2.05, 4.69) is 37.6 Å². The van der Waals surface area contributed by atoms with Gasteiger partial charge in [0.1, 0.15) is 17.5 Å². The molecular weight excluding hydrogens is 733 g/mol. The lowest BCUT2D eigenvalue weighted by atomic mass is 9.95. The summed E-state index contributed by atoms with van der Waals surface area (Å²) in [7, 11) is 0. The lowest BCUT2D eigenvalue weighted by Crippen LogP contribution is -2.58. The summed E-state index contributed by atoms with van der Waals surface area (Å²) >= 11 is 4.03. The van der Waals surface area contributed by atoms with Crippen LogP contribution in [0.3, 0.4) is 0 Å². The number of halogens is 6. The van der Waals surface area contributed by atoms with Gasteiger partial charge >= 0.3 is 11.9 Å². The van der Waals surface area contributed by atoms with Crippen LogP contribution in [0, 0.1) is 11.6 Å². The maximum absolute atomic E-state index is 15.6. The van der Waals surface area contributed by atoms with Crippen molar-refractivity contribution >= 4 is 61.4 Å². The van der Waals surface area contributed by atoms with E-state index in [1.807, 2.05) is 6.07 Å². The summed E-state index contributed by atoms with van der Waals surface area (Å²) in [6.45, 7) is 7.49. The molecule has 0 N–H and O–H groups in total. The van der Waals surface area contributed by atoms with Gasteiger partial charge in [-0.15, -0.1) is 11.8 Å². The number of thioether (sulfide) groups is 1. The summed E-state index contributed by atoms with van der Waals surface area (Å²) in [6.07, 6.45) is -0.583. The minimum atomic E-state index is -4.99. The molecular formula is C33H27BrF5N7O2S. The van der Waals surface area contributed by atoms with Crippen molar-refractivity contribution in [1.82, 2.24) is 29.2 Å². The summed E-state index contributed by atoms with van der Waals surface area (Å²) in [5, 5.41) is 5.26. The summed E-state index contributed by atoms with van der Waals surface area (Å²) in [6, 6.07) is 4.61. The molecule has 1 fully saturated rings. The second kappa shape index (κ2) is 12.2. The molecule has 7 rings (SSSR count). The second-order valence-corrected chi connectivity index (χ2v) is 14.0. The largest absolute Gasteiger partial charge is 0.417 e. The van der Waals surface area contributed by atoms with Gasteiger partial charge in [0.15, 0.2) is 5.65 Å². The number of anilines is 1. The number of fused-ring (bicyclic) bond motifs is 1. The Labute approximate surface area is 288 Å². The zero-order chi connectivity index (χ0) is 34.9. The summed E-state index contributed by atoms with van der Waals surface area (Å²) in [4.78, 5) is 38.8. The third-order valence-corrected chi connectivity index (χ3v) is 10.8. The van der Waals surface area contributed by atoms with Crippen molar-refractivity contribution in [1.29, 1.82) is 0 Å². The molecule has 2 aliphatic rings. The number of rotatable bonds is 4. The van der Waals surface area contributed by atoms with Crippen LogP contribution >= 0.6 is 27.7 Å². The van der Waals surface area contributed by atoms with Crippen LogP contribution < -0.4 is 10.6 Å². The number of hydrogen-bond acceptors (Lipinski definition) is 7. The van der Waals surface area contributed by atoms with E-state index in [9.17, 15) is 14.0 Å². The van der Waals surface area contributed by atoms with E-state index in [0.29, 0.717) is 11.7 Å². The van der Waals surface area contributed by atoms with E-state index < -0.39 is 58.3 Å². The van der Waals surface area contributed by atoms with Gasteiger partial charge < -0.3 is 9.80 Å². The van der Waals surface area contributed by atoms with Gasteiger partial charge in [-0.3, -0.25) is 9.36 Å². The summed E-state index contributed by atoms with van der Waals surface area (Å²) < 4.78 is 78.1. The number of pyridine rings is 1. The third kappa shape index (κ3) is 5.58. The predicted octanol–water partition coefficient (Wildman–Crippen LogP) is 6.83. The molecule has 2 aromatic carbocycles. The number of piperazine rings is 1. The van der Waals surface area contributed by atoms with Crippen molar-refractivity contribution in [2.75, 3.05) is 23.7 Å². The number of carbonyl (C=O) groups is 1. The van der Waals surface area contributed by atoms with Crippen LogP contribution in [0.5, 0.6) is 0 Å². The molecule has 1 unspecified atom stereocenters. The van der Waals surface area contributed by atoms with E-state index in [1.165, 1.54) is 10.6 Å². The highest BCUT2D eigenvalue weighted by atomic mass is 79.9. The lowest BCUT2D eigenvalue weighted by molar-refractivity contribution is -0.137. The molecule has 0 bridgehead atoms. The average Bonchev–Trinajstić information content (AvgIpc) is 3.37. The van der Waals surface area contributed by atoms with E-state index >= 15 is 17.6 Å². The monoisotopic (exact) mass is 759 g/mol. The molecule has 0 saturated carbocycles. The van der Waals surface area contributed by atoms with Crippen molar-refractivity contribution < 1.29 is 26.7 Å². The highest BCUT2D eigenvalue weighted by Crippen LogP contribution is 2.50.